The van der Waals surface area contributed by atoms with Gasteiger partial charge in [-0.15, -0.1) is 0 Å². The van der Waals surface area contributed by atoms with Crippen LogP contribution in [-0.2, 0) is 18.9 Å². The van der Waals surface area contributed by atoms with Gasteiger partial charge in [0.15, 0.2) is 0 Å². The number of rotatable bonds is 26. The lowest BCUT2D eigenvalue weighted by molar-refractivity contribution is -0.131. The lowest BCUT2D eigenvalue weighted by Crippen LogP contribution is -2.70. The Balaban J connectivity index is 5.24. The van der Waals surface area contributed by atoms with Crippen molar-refractivity contribution in [1.82, 2.24) is 15.1 Å². The predicted octanol–water partition coefficient (Wildman–Crippen LogP) is 9.39. The van der Waals surface area contributed by atoms with Crippen LogP contribution >= 0.6 is 0 Å². The Bertz CT molecular complexity index is 772. The van der Waals surface area contributed by atoms with Crippen LogP contribution in [0.2, 0.25) is 0 Å². The van der Waals surface area contributed by atoms with Crippen molar-refractivity contribution in [2.45, 2.75) is 173 Å². The molecule has 0 fully saturated rings. The number of hydrogen-bond acceptors (Lipinski definition) is 7. The van der Waals surface area contributed by atoms with Gasteiger partial charge in [-0.25, -0.2) is 0 Å². The van der Waals surface area contributed by atoms with Crippen molar-refractivity contribution in [3.63, 3.8) is 0 Å². The van der Waals surface area contributed by atoms with E-state index < -0.39 is 0 Å². The third-order valence-corrected chi connectivity index (χ3v) is 8.40. The van der Waals surface area contributed by atoms with E-state index in [4.69, 9.17) is 18.9 Å². The van der Waals surface area contributed by atoms with E-state index in [0.717, 1.165) is 52.3 Å². The summed E-state index contributed by atoms with van der Waals surface area (Å²) >= 11 is 0. The lowest BCUT2D eigenvalue weighted by Gasteiger charge is -2.57. The van der Waals surface area contributed by atoms with E-state index in [2.05, 4.69) is 126 Å². The molecule has 0 radical (unpaired) electrons. The van der Waals surface area contributed by atoms with Gasteiger partial charge in [0.05, 0.1) is 57.6 Å². The summed E-state index contributed by atoms with van der Waals surface area (Å²) in [5.74, 6) is 0. The molecule has 0 unspecified atom stereocenters. The smallest absolute Gasteiger partial charge is 0.0701 e. The average Bonchev–Trinajstić information content (AvgIpc) is 2.87. The molecule has 0 aromatic heterocycles. The van der Waals surface area contributed by atoms with Crippen molar-refractivity contribution >= 4 is 0 Å². The number of nitrogens with one attached hydrogen (secondary N) is 1. The Morgan fingerprint density at radius 1 is 0.426 bits per heavy atom. The van der Waals surface area contributed by atoms with Crippen LogP contribution < -0.4 is 5.32 Å². The van der Waals surface area contributed by atoms with Crippen LogP contribution in [0.1, 0.15) is 156 Å². The molecule has 0 aliphatic rings. The van der Waals surface area contributed by atoms with E-state index in [1.165, 1.54) is 32.1 Å². The Kier molecular flexibility index (Phi) is 21.7. The molecule has 47 heavy (non-hydrogen) atoms. The molecule has 284 valence electrons. The molecule has 0 heterocycles. The summed E-state index contributed by atoms with van der Waals surface area (Å²) in [6.45, 7) is 45.3. The maximum Gasteiger partial charge on any atom is 0.0701 e. The van der Waals surface area contributed by atoms with Crippen molar-refractivity contribution in [2.24, 2.45) is 16.2 Å². The molecule has 7 heteroatoms. The zero-order valence-corrected chi connectivity index (χ0v) is 34.8. The fourth-order valence-electron chi connectivity index (χ4n) is 6.29. The van der Waals surface area contributed by atoms with Gasteiger partial charge < -0.3 is 18.9 Å². The second-order valence-electron chi connectivity index (χ2n) is 19.3. The van der Waals surface area contributed by atoms with Gasteiger partial charge in [-0.05, 0) is 90.4 Å². The summed E-state index contributed by atoms with van der Waals surface area (Å²) in [7, 11) is 0. The second-order valence-corrected chi connectivity index (χ2v) is 19.3. The molecule has 0 rings (SSSR count). The number of nitrogens with zero attached hydrogens (tertiary/aromatic N) is 2. The van der Waals surface area contributed by atoms with Crippen molar-refractivity contribution in [1.29, 1.82) is 0 Å². The van der Waals surface area contributed by atoms with Gasteiger partial charge in [-0.1, -0.05) is 81.6 Å². The van der Waals surface area contributed by atoms with Crippen LogP contribution in [0.3, 0.4) is 0 Å². The summed E-state index contributed by atoms with van der Waals surface area (Å²) in [6, 6.07) is 0. The van der Waals surface area contributed by atoms with Crippen molar-refractivity contribution in [3.8, 4) is 0 Å². The lowest BCUT2D eigenvalue weighted by atomic mass is 9.89. The van der Waals surface area contributed by atoms with E-state index in [1.54, 1.807) is 0 Å². The summed E-state index contributed by atoms with van der Waals surface area (Å²) < 4.78 is 23.3. The standard InChI is InChI=1S/C40H85N3O4/c1-35(2,3)23-19-17-18-20-26-43(39(13,14)41-24-28-44-29-30-45-31-32-47-34-37(7,8)9)40(15,16)42(38(10,11)12)25-21-22-27-46-33-36(4,5)6/h41H,17-34H2,1-16H3. The van der Waals surface area contributed by atoms with Crippen LogP contribution in [0.4, 0.5) is 0 Å². The highest BCUT2D eigenvalue weighted by molar-refractivity contribution is 4.95. The zero-order chi connectivity index (χ0) is 36.4. The van der Waals surface area contributed by atoms with Crippen molar-refractivity contribution in [2.75, 3.05) is 72.5 Å². The first-order chi connectivity index (χ1) is 21.4. The molecule has 0 atom stereocenters. The van der Waals surface area contributed by atoms with E-state index in [0.29, 0.717) is 38.4 Å². The fourth-order valence-corrected chi connectivity index (χ4v) is 6.29. The second kappa shape index (κ2) is 21.8. The molecule has 1 N–H and O–H groups in total. The molecule has 0 aromatic rings. The minimum Gasteiger partial charge on any atom is -0.381 e. The Hall–Kier alpha value is -0.280. The summed E-state index contributed by atoms with van der Waals surface area (Å²) in [5.41, 5.74) is 0.476. The Morgan fingerprint density at radius 2 is 0.872 bits per heavy atom. The van der Waals surface area contributed by atoms with Gasteiger partial charge >= 0.3 is 0 Å². The molecule has 7 nitrogen and oxygen atoms in total. The van der Waals surface area contributed by atoms with Crippen LogP contribution in [0, 0.1) is 16.2 Å². The van der Waals surface area contributed by atoms with Gasteiger partial charge in [0, 0.05) is 31.8 Å². The summed E-state index contributed by atoms with van der Waals surface area (Å²) in [6.07, 6.45) is 8.58. The maximum atomic E-state index is 6.01. The molecule has 0 saturated carbocycles. The average molecular weight is 672 g/mol. The quantitative estimate of drug-likeness (QED) is 0.0726. The number of unbranched alkanes of at least 4 members (excludes halogenated alkanes) is 4. The Morgan fingerprint density at radius 3 is 1.38 bits per heavy atom. The molecular weight excluding hydrogens is 586 g/mol. The molecule has 0 amide bonds. The topological polar surface area (TPSA) is 55.4 Å². The van der Waals surface area contributed by atoms with Crippen LogP contribution in [-0.4, -0.2) is 99.2 Å². The molecule has 0 bridgehead atoms. The van der Waals surface area contributed by atoms with E-state index in [-0.39, 0.29) is 27.7 Å². The van der Waals surface area contributed by atoms with Crippen LogP contribution in [0.15, 0.2) is 0 Å². The SMILES string of the molecule is CC(C)(C)CCCCCCN(C(C)(C)NCCOCCOCCOCC(C)(C)C)C(C)(C)N(CCCCOCC(C)(C)C)C(C)(C)C. The molecule has 0 aliphatic carbocycles. The van der Waals surface area contributed by atoms with Crippen LogP contribution in [0.25, 0.3) is 0 Å². The highest BCUT2D eigenvalue weighted by Gasteiger charge is 2.44. The first-order valence-corrected chi connectivity index (χ1v) is 19.0. The predicted molar refractivity (Wildman–Crippen MR) is 203 cm³/mol. The zero-order valence-electron chi connectivity index (χ0n) is 34.8. The number of ether oxygens (including phenoxy) is 4. The minimum absolute atomic E-state index is 0.0255. The van der Waals surface area contributed by atoms with Crippen LogP contribution in [0.5, 0.6) is 0 Å². The fraction of sp³-hybridized carbons (Fsp3) is 1.00. The third-order valence-electron chi connectivity index (χ3n) is 8.40. The van der Waals surface area contributed by atoms with E-state index >= 15 is 0 Å². The minimum atomic E-state index is -0.210. The molecular formula is C40H85N3O4. The monoisotopic (exact) mass is 672 g/mol. The molecule has 0 saturated heterocycles. The maximum absolute atomic E-state index is 6.01. The van der Waals surface area contributed by atoms with E-state index in [1.807, 2.05) is 0 Å². The Labute approximate surface area is 294 Å². The van der Waals surface area contributed by atoms with Gasteiger partial charge in [0.1, 0.15) is 0 Å². The molecule has 0 aromatic carbocycles. The largest absolute Gasteiger partial charge is 0.381 e. The van der Waals surface area contributed by atoms with E-state index in [9.17, 15) is 0 Å². The first-order valence-electron chi connectivity index (χ1n) is 19.0. The number of hydrogen-bond donors (Lipinski definition) is 1. The van der Waals surface area contributed by atoms with Gasteiger partial charge in [-0.2, -0.15) is 0 Å². The highest BCUT2D eigenvalue weighted by atomic mass is 16.5. The van der Waals surface area contributed by atoms with Gasteiger partial charge in [-0.3, -0.25) is 15.1 Å². The van der Waals surface area contributed by atoms with Crippen molar-refractivity contribution in [3.05, 3.63) is 0 Å². The summed E-state index contributed by atoms with van der Waals surface area (Å²) in [5, 5.41) is 3.87. The summed E-state index contributed by atoms with van der Waals surface area (Å²) in [4.78, 5) is 5.43. The normalized spacial score (nSPS) is 14.2. The third kappa shape index (κ3) is 24.5. The molecule has 0 spiro atoms. The van der Waals surface area contributed by atoms with Gasteiger partial charge in [0.25, 0.3) is 0 Å². The van der Waals surface area contributed by atoms with Crippen molar-refractivity contribution < 1.29 is 18.9 Å². The first kappa shape index (κ1) is 46.7. The van der Waals surface area contributed by atoms with Gasteiger partial charge in [0.2, 0.25) is 0 Å². The molecule has 0 aliphatic heterocycles. The highest BCUT2D eigenvalue weighted by Crippen LogP contribution is 2.34.